The number of carbonyl (C=O) groups is 2. The molecule has 210 valence electrons. The lowest BCUT2D eigenvalue weighted by molar-refractivity contribution is -0.140. The Bertz CT molecular complexity index is 1760. The maximum absolute atomic E-state index is 13.7. The van der Waals surface area contributed by atoms with Crippen LogP contribution in [0.25, 0.3) is 21.3 Å². The maximum atomic E-state index is 13.7. The van der Waals surface area contributed by atoms with Gasteiger partial charge in [-0.1, -0.05) is 42.0 Å². The van der Waals surface area contributed by atoms with Crippen LogP contribution >= 0.6 is 11.3 Å². The van der Waals surface area contributed by atoms with Crippen LogP contribution in [0.2, 0.25) is 0 Å². The van der Waals surface area contributed by atoms with Gasteiger partial charge in [0.25, 0.3) is 11.8 Å². The second-order valence-electron chi connectivity index (χ2n) is 8.93. The zero-order chi connectivity index (χ0) is 29.3. The summed E-state index contributed by atoms with van der Waals surface area (Å²) in [5, 5.41) is 2.76. The van der Waals surface area contributed by atoms with Gasteiger partial charge in [0.15, 0.2) is 17.3 Å². The van der Waals surface area contributed by atoms with E-state index in [1.54, 1.807) is 54.6 Å². The molecule has 12 heteroatoms. The molecule has 2 amide bonds. The van der Waals surface area contributed by atoms with Gasteiger partial charge in [-0.15, -0.1) is 11.3 Å². The summed E-state index contributed by atoms with van der Waals surface area (Å²) in [5.41, 5.74) is 5.84. The number of nitrogens with two attached hydrogens (primary N) is 1. The zero-order valence-corrected chi connectivity index (χ0v) is 22.5. The van der Waals surface area contributed by atoms with Crippen LogP contribution in [0.3, 0.4) is 0 Å². The number of pyridine rings is 1. The minimum atomic E-state index is -4.75. The van der Waals surface area contributed by atoms with E-state index in [0.29, 0.717) is 34.2 Å². The van der Waals surface area contributed by atoms with Gasteiger partial charge in [0.2, 0.25) is 0 Å². The van der Waals surface area contributed by atoms with E-state index in [1.807, 2.05) is 6.92 Å². The van der Waals surface area contributed by atoms with Gasteiger partial charge in [-0.3, -0.25) is 9.59 Å². The largest absolute Gasteiger partial charge is 0.493 e. The third-order valence-corrected chi connectivity index (χ3v) is 7.20. The van der Waals surface area contributed by atoms with Crippen LogP contribution in [0, 0.1) is 6.92 Å². The molecule has 0 atom stereocenters. The number of carbonyl (C=O) groups excluding carboxylic acids is 2. The van der Waals surface area contributed by atoms with Crippen LogP contribution in [-0.4, -0.2) is 23.9 Å². The Balaban J connectivity index is 1.51. The molecule has 0 aliphatic rings. The maximum Gasteiger partial charge on any atom is 0.433 e. The molecule has 3 heterocycles. The van der Waals surface area contributed by atoms with Crippen LogP contribution in [0.4, 0.5) is 18.9 Å². The van der Waals surface area contributed by atoms with Crippen molar-refractivity contribution in [1.82, 2.24) is 4.98 Å². The van der Waals surface area contributed by atoms with Crippen molar-refractivity contribution in [1.29, 1.82) is 0 Å². The number of fused-ring (bicyclic) bond motifs is 1. The molecule has 0 aliphatic heterocycles. The third-order valence-electron chi connectivity index (χ3n) is 6.10. The van der Waals surface area contributed by atoms with Gasteiger partial charge < -0.3 is 24.9 Å². The number of amides is 2. The summed E-state index contributed by atoms with van der Waals surface area (Å²) in [5.74, 6) is -0.476. The molecule has 0 radical (unpaired) electrons. The highest BCUT2D eigenvalue weighted by molar-refractivity contribution is 7.21. The third kappa shape index (κ3) is 5.73. The van der Waals surface area contributed by atoms with Crippen LogP contribution in [0.15, 0.2) is 71.1 Å². The van der Waals surface area contributed by atoms with E-state index in [-0.39, 0.29) is 38.7 Å². The molecule has 0 bridgehead atoms. The van der Waals surface area contributed by atoms with E-state index < -0.39 is 23.7 Å². The predicted octanol–water partition coefficient (Wildman–Crippen LogP) is 6.82. The number of primary amides is 1. The number of benzene rings is 2. The van der Waals surface area contributed by atoms with Crippen molar-refractivity contribution in [3.8, 4) is 22.6 Å². The van der Waals surface area contributed by atoms with E-state index in [1.165, 1.54) is 13.2 Å². The number of nitrogens with one attached hydrogen (secondary N) is 1. The van der Waals surface area contributed by atoms with Gasteiger partial charge in [0.05, 0.1) is 12.8 Å². The molecule has 3 N–H and O–H groups in total. The van der Waals surface area contributed by atoms with Crippen molar-refractivity contribution in [3.63, 3.8) is 0 Å². The summed E-state index contributed by atoms with van der Waals surface area (Å²) in [6.07, 6.45) is -4.75. The van der Waals surface area contributed by atoms with Gasteiger partial charge in [-0.25, -0.2) is 4.98 Å². The number of thiophene rings is 1. The first-order valence-electron chi connectivity index (χ1n) is 12.1. The molecule has 8 nitrogen and oxygen atoms in total. The molecular formula is C29H22F3N3O5S. The molecule has 0 saturated heterocycles. The fraction of sp³-hybridized carbons (Fsp3) is 0.138. The summed E-state index contributed by atoms with van der Waals surface area (Å²) in [4.78, 5) is 29.1. The first-order valence-corrected chi connectivity index (χ1v) is 12.9. The monoisotopic (exact) mass is 581 g/mol. The van der Waals surface area contributed by atoms with Crippen molar-refractivity contribution in [3.05, 3.63) is 94.4 Å². The fourth-order valence-electron chi connectivity index (χ4n) is 4.14. The van der Waals surface area contributed by atoms with Gasteiger partial charge >= 0.3 is 6.18 Å². The zero-order valence-electron chi connectivity index (χ0n) is 21.7. The SMILES string of the molecule is COc1ccccc1OCc1ccc(C(=O)Nc2c(C(N)=O)sc3nc(C(F)(F)F)cc(-c4ccc(C)cc4)c23)o1. The van der Waals surface area contributed by atoms with Crippen LogP contribution in [0.1, 0.15) is 37.2 Å². The first kappa shape index (κ1) is 27.7. The highest BCUT2D eigenvalue weighted by Gasteiger charge is 2.35. The minimum Gasteiger partial charge on any atom is -0.493 e. The summed E-state index contributed by atoms with van der Waals surface area (Å²) < 4.78 is 57.8. The minimum absolute atomic E-state index is 0.0106. The lowest BCUT2D eigenvalue weighted by atomic mass is 10.00. The van der Waals surface area contributed by atoms with Crippen molar-refractivity contribution in [2.45, 2.75) is 19.7 Å². The van der Waals surface area contributed by atoms with Crippen LogP contribution in [0.5, 0.6) is 11.5 Å². The number of ether oxygens (including phenoxy) is 2. The number of furan rings is 1. The average Bonchev–Trinajstić information content (AvgIpc) is 3.57. The summed E-state index contributed by atoms with van der Waals surface area (Å²) >= 11 is 0.663. The number of alkyl halides is 3. The standard InChI is InChI=1S/C29H22F3N3O5S/c1-15-7-9-16(10-8-15)18-13-22(29(30,31)32)34-28-23(18)24(25(41-28)26(33)36)35-27(37)21-12-11-17(40-21)14-39-20-6-4-3-5-19(20)38-2/h3-13H,14H2,1-2H3,(H2,33,36)(H,35,37). The predicted molar refractivity (Wildman–Crippen MR) is 147 cm³/mol. The number of hydrogen-bond donors (Lipinski definition) is 2. The molecule has 0 unspecified atom stereocenters. The van der Waals surface area contributed by atoms with Gasteiger partial charge in [0.1, 0.15) is 27.8 Å². The van der Waals surface area contributed by atoms with Crippen molar-refractivity contribution in [2.24, 2.45) is 5.73 Å². The Hall–Kier alpha value is -4.84. The topological polar surface area (TPSA) is 117 Å². The second kappa shape index (κ2) is 11.0. The number of anilines is 1. The van der Waals surface area contributed by atoms with E-state index in [2.05, 4.69) is 10.3 Å². The highest BCUT2D eigenvalue weighted by Crippen LogP contribution is 2.44. The van der Waals surface area contributed by atoms with E-state index >= 15 is 0 Å². The number of rotatable bonds is 8. The number of methoxy groups -OCH3 is 1. The van der Waals surface area contributed by atoms with Crippen LogP contribution in [-0.2, 0) is 12.8 Å². The van der Waals surface area contributed by atoms with Gasteiger partial charge in [0, 0.05) is 5.39 Å². The molecule has 3 aromatic heterocycles. The molecule has 0 spiro atoms. The first-order chi connectivity index (χ1) is 19.5. The Labute approximate surface area is 235 Å². The summed E-state index contributed by atoms with van der Waals surface area (Å²) in [7, 11) is 1.51. The lowest BCUT2D eigenvalue weighted by Gasteiger charge is -2.12. The molecule has 0 aliphatic carbocycles. The van der Waals surface area contributed by atoms with Gasteiger partial charge in [-0.05, 0) is 48.4 Å². The number of hydrogen-bond acceptors (Lipinski definition) is 7. The Morgan fingerprint density at radius 1 is 1.05 bits per heavy atom. The number of aryl methyl sites for hydroxylation is 1. The summed E-state index contributed by atoms with van der Waals surface area (Å²) in [6, 6.07) is 17.6. The molecule has 2 aromatic carbocycles. The second-order valence-corrected chi connectivity index (χ2v) is 9.93. The molecule has 5 aromatic rings. The Morgan fingerprint density at radius 2 is 1.76 bits per heavy atom. The number of aromatic nitrogens is 1. The fourth-order valence-corrected chi connectivity index (χ4v) is 5.14. The smallest absolute Gasteiger partial charge is 0.433 e. The van der Waals surface area contributed by atoms with Crippen molar-refractivity contribution in [2.75, 3.05) is 12.4 Å². The van der Waals surface area contributed by atoms with Crippen LogP contribution < -0.4 is 20.5 Å². The van der Waals surface area contributed by atoms with E-state index in [4.69, 9.17) is 19.6 Å². The number of halogens is 3. The lowest BCUT2D eigenvalue weighted by Crippen LogP contribution is -2.16. The molecular weight excluding hydrogens is 559 g/mol. The summed E-state index contributed by atoms with van der Waals surface area (Å²) in [6.45, 7) is 1.83. The molecule has 0 saturated carbocycles. The number of nitrogens with zero attached hydrogens (tertiary/aromatic N) is 1. The van der Waals surface area contributed by atoms with Gasteiger partial charge in [-0.2, -0.15) is 13.2 Å². The molecule has 41 heavy (non-hydrogen) atoms. The normalized spacial score (nSPS) is 11.4. The van der Waals surface area contributed by atoms with Crippen molar-refractivity contribution < 1.29 is 36.7 Å². The highest BCUT2D eigenvalue weighted by atomic mass is 32.1. The van der Waals surface area contributed by atoms with E-state index in [0.717, 1.165) is 11.6 Å². The number of para-hydroxylation sites is 2. The van der Waals surface area contributed by atoms with Crippen molar-refractivity contribution >= 4 is 39.1 Å². The Kier molecular flexibility index (Phi) is 7.41. The Morgan fingerprint density at radius 3 is 2.41 bits per heavy atom. The molecule has 0 fully saturated rings. The quantitative estimate of drug-likeness (QED) is 0.208. The van der Waals surface area contributed by atoms with E-state index in [9.17, 15) is 22.8 Å². The average molecular weight is 582 g/mol. The molecule has 5 rings (SSSR count).